The van der Waals surface area contributed by atoms with Crippen molar-refractivity contribution in [3.8, 4) is 11.8 Å². The molecule has 9 nitrogen and oxygen atoms in total. The summed E-state index contributed by atoms with van der Waals surface area (Å²) in [6, 6.07) is 11.0. The molecule has 0 aliphatic carbocycles. The van der Waals surface area contributed by atoms with Gasteiger partial charge in [-0.3, -0.25) is 14.7 Å². The molecular weight excluding hydrogens is 454 g/mol. The van der Waals surface area contributed by atoms with E-state index in [1.807, 2.05) is 34.6 Å². The van der Waals surface area contributed by atoms with Gasteiger partial charge in [-0.1, -0.05) is 0 Å². The number of aromatic nitrogens is 2. The van der Waals surface area contributed by atoms with Crippen LogP contribution < -0.4 is 4.72 Å². The summed E-state index contributed by atoms with van der Waals surface area (Å²) in [6.45, 7) is 3.50. The van der Waals surface area contributed by atoms with Crippen LogP contribution in [0.5, 0.6) is 0 Å². The normalized spacial score (nSPS) is 15.5. The minimum absolute atomic E-state index is 0.0548. The van der Waals surface area contributed by atoms with Crippen LogP contribution in [0.1, 0.15) is 40.0 Å². The monoisotopic (exact) mass is 481 g/mol. The van der Waals surface area contributed by atoms with E-state index in [1.165, 1.54) is 0 Å². The number of rotatable bonds is 7. The van der Waals surface area contributed by atoms with E-state index in [2.05, 4.69) is 15.8 Å². The first kappa shape index (κ1) is 24.0. The SMILES string of the molecule is Cc1c(C(=O)CN2CCC(O)CC2)c2ncc(CNS(C)(=O)=O)cc2n1-c1ccc(C#N)cc1. The number of carbonyl (C=O) groups excluding carboxylic acids is 1. The van der Waals surface area contributed by atoms with Crippen LogP contribution >= 0.6 is 0 Å². The largest absolute Gasteiger partial charge is 0.393 e. The van der Waals surface area contributed by atoms with E-state index in [1.54, 1.807) is 18.3 Å². The minimum Gasteiger partial charge on any atom is -0.393 e. The zero-order valence-electron chi connectivity index (χ0n) is 19.2. The van der Waals surface area contributed by atoms with Gasteiger partial charge in [0.05, 0.1) is 47.1 Å². The maximum absolute atomic E-state index is 13.4. The molecule has 34 heavy (non-hydrogen) atoms. The van der Waals surface area contributed by atoms with E-state index in [-0.39, 0.29) is 25.0 Å². The Morgan fingerprint density at radius 1 is 1.26 bits per heavy atom. The third-order valence-corrected chi connectivity index (χ3v) is 6.76. The fraction of sp³-hybridized carbons (Fsp3) is 0.375. The average molecular weight is 482 g/mol. The first-order chi connectivity index (χ1) is 16.2. The van der Waals surface area contributed by atoms with Crippen LogP contribution in [0.15, 0.2) is 36.5 Å². The van der Waals surface area contributed by atoms with E-state index in [0.29, 0.717) is 53.7 Å². The molecule has 1 aliphatic heterocycles. The predicted octanol–water partition coefficient (Wildman–Crippen LogP) is 1.89. The lowest BCUT2D eigenvalue weighted by Crippen LogP contribution is -2.39. The fourth-order valence-corrected chi connectivity index (χ4v) is 4.77. The van der Waals surface area contributed by atoms with Gasteiger partial charge in [0, 0.05) is 37.2 Å². The topological polar surface area (TPSA) is 128 Å². The van der Waals surface area contributed by atoms with E-state index in [9.17, 15) is 18.3 Å². The number of sulfonamides is 1. The van der Waals surface area contributed by atoms with Crippen LogP contribution in [0.3, 0.4) is 0 Å². The summed E-state index contributed by atoms with van der Waals surface area (Å²) in [4.78, 5) is 20.0. The van der Waals surface area contributed by atoms with Gasteiger partial charge in [-0.05, 0) is 55.7 Å². The predicted molar refractivity (Wildman–Crippen MR) is 128 cm³/mol. The van der Waals surface area contributed by atoms with Gasteiger partial charge in [-0.25, -0.2) is 13.1 Å². The smallest absolute Gasteiger partial charge is 0.209 e. The van der Waals surface area contributed by atoms with Crippen molar-refractivity contribution in [3.63, 3.8) is 0 Å². The lowest BCUT2D eigenvalue weighted by atomic mass is 10.1. The van der Waals surface area contributed by atoms with Crippen LogP contribution in [-0.4, -0.2) is 65.8 Å². The highest BCUT2D eigenvalue weighted by Gasteiger charge is 2.26. The zero-order chi connectivity index (χ0) is 24.5. The summed E-state index contributed by atoms with van der Waals surface area (Å²) < 4.78 is 27.5. The van der Waals surface area contributed by atoms with Gasteiger partial charge in [-0.2, -0.15) is 5.26 Å². The van der Waals surface area contributed by atoms with Crippen molar-refractivity contribution in [3.05, 3.63) is 58.9 Å². The number of hydrogen-bond acceptors (Lipinski definition) is 7. The molecule has 1 aromatic carbocycles. The molecule has 0 unspecified atom stereocenters. The summed E-state index contributed by atoms with van der Waals surface area (Å²) in [5.74, 6) is -0.0548. The Hall–Kier alpha value is -3.10. The molecule has 3 heterocycles. The standard InChI is InChI=1S/C24H27N5O4S/c1-16-23(22(31)15-28-9-7-20(30)8-10-28)24-21(11-18(13-26-24)14-27-34(2,32)33)29(16)19-5-3-17(12-25)4-6-19/h3-6,11,13,20,27,30H,7-10,14-15H2,1-2H3. The number of aliphatic hydroxyl groups is 1. The third-order valence-electron chi connectivity index (χ3n) is 6.10. The number of Topliss-reactive ketones (excluding diaryl/α,β-unsaturated/α-hetero) is 1. The van der Waals surface area contributed by atoms with Crippen molar-refractivity contribution in [2.45, 2.75) is 32.4 Å². The summed E-state index contributed by atoms with van der Waals surface area (Å²) in [5.41, 5.74) is 4.44. The fourth-order valence-electron chi connectivity index (χ4n) is 4.34. The van der Waals surface area contributed by atoms with Crippen molar-refractivity contribution in [1.29, 1.82) is 5.26 Å². The van der Waals surface area contributed by atoms with Gasteiger partial charge < -0.3 is 9.67 Å². The lowest BCUT2D eigenvalue weighted by Gasteiger charge is -2.28. The van der Waals surface area contributed by atoms with Gasteiger partial charge in [-0.15, -0.1) is 0 Å². The van der Waals surface area contributed by atoms with E-state index in [0.717, 1.165) is 17.6 Å². The number of benzene rings is 1. The molecule has 0 amide bonds. The number of nitrogens with one attached hydrogen (secondary N) is 1. The van der Waals surface area contributed by atoms with Crippen LogP contribution in [0.2, 0.25) is 0 Å². The van der Waals surface area contributed by atoms with Gasteiger partial charge in [0.2, 0.25) is 10.0 Å². The Bertz CT molecular complexity index is 1370. The molecule has 0 radical (unpaired) electrons. The van der Waals surface area contributed by atoms with Crippen LogP contribution in [0.4, 0.5) is 0 Å². The van der Waals surface area contributed by atoms with Crippen LogP contribution in [-0.2, 0) is 16.6 Å². The molecule has 178 valence electrons. The highest BCUT2D eigenvalue weighted by Crippen LogP contribution is 2.29. The number of carbonyl (C=O) groups is 1. The first-order valence-corrected chi connectivity index (χ1v) is 12.9. The van der Waals surface area contributed by atoms with Gasteiger partial charge in [0.15, 0.2) is 5.78 Å². The summed E-state index contributed by atoms with van der Waals surface area (Å²) >= 11 is 0. The molecule has 10 heteroatoms. The molecule has 4 rings (SSSR count). The van der Waals surface area contributed by atoms with Gasteiger partial charge in [0.1, 0.15) is 0 Å². The molecule has 1 aliphatic rings. The number of pyridine rings is 1. The van der Waals surface area contributed by atoms with E-state index < -0.39 is 10.0 Å². The highest BCUT2D eigenvalue weighted by atomic mass is 32.2. The van der Waals surface area contributed by atoms with Crippen LogP contribution in [0, 0.1) is 18.3 Å². The zero-order valence-corrected chi connectivity index (χ0v) is 20.0. The third kappa shape index (κ3) is 5.18. The first-order valence-electron chi connectivity index (χ1n) is 11.0. The highest BCUT2D eigenvalue weighted by molar-refractivity contribution is 7.88. The average Bonchev–Trinajstić information content (AvgIpc) is 3.10. The molecule has 2 aromatic heterocycles. The van der Waals surface area contributed by atoms with E-state index in [4.69, 9.17) is 5.26 Å². The molecule has 0 bridgehead atoms. The van der Waals surface area contributed by atoms with Gasteiger partial charge >= 0.3 is 0 Å². The second-order valence-corrected chi connectivity index (χ2v) is 10.5. The van der Waals surface area contributed by atoms with Gasteiger partial charge in [0.25, 0.3) is 0 Å². The molecular formula is C24H27N5O4S. The second-order valence-electron chi connectivity index (χ2n) is 8.69. The van der Waals surface area contributed by atoms with Crippen LogP contribution in [0.25, 0.3) is 16.7 Å². The Morgan fingerprint density at radius 3 is 2.56 bits per heavy atom. The second kappa shape index (κ2) is 9.64. The Kier molecular flexibility index (Phi) is 6.81. The number of aliphatic hydroxyl groups excluding tert-OH is 1. The Morgan fingerprint density at radius 2 is 1.94 bits per heavy atom. The summed E-state index contributed by atoms with van der Waals surface area (Å²) in [6.07, 6.45) is 3.66. The summed E-state index contributed by atoms with van der Waals surface area (Å²) in [7, 11) is -3.37. The molecule has 1 saturated heterocycles. The number of nitrogens with zero attached hydrogens (tertiary/aromatic N) is 4. The number of hydrogen-bond donors (Lipinski definition) is 2. The number of ketones is 1. The number of fused-ring (bicyclic) bond motifs is 1. The lowest BCUT2D eigenvalue weighted by molar-refractivity contribution is 0.0711. The Labute approximate surface area is 198 Å². The molecule has 2 N–H and O–H groups in total. The van der Waals surface area contributed by atoms with Crippen molar-refractivity contribution in [2.75, 3.05) is 25.9 Å². The summed E-state index contributed by atoms with van der Waals surface area (Å²) in [5, 5.41) is 18.9. The van der Waals surface area contributed by atoms with Crippen molar-refractivity contribution in [2.24, 2.45) is 0 Å². The molecule has 0 saturated carbocycles. The number of nitriles is 1. The minimum atomic E-state index is -3.37. The van der Waals surface area contributed by atoms with Crippen molar-refractivity contribution < 1.29 is 18.3 Å². The molecule has 0 atom stereocenters. The number of piperidine rings is 1. The number of likely N-dealkylation sites (tertiary alicyclic amines) is 1. The quantitative estimate of drug-likeness (QED) is 0.493. The van der Waals surface area contributed by atoms with E-state index >= 15 is 0 Å². The molecule has 1 fully saturated rings. The molecule has 0 spiro atoms. The maximum Gasteiger partial charge on any atom is 0.209 e. The van der Waals surface area contributed by atoms with Crippen molar-refractivity contribution >= 4 is 26.8 Å². The molecule has 3 aromatic rings. The van der Waals surface area contributed by atoms with Crippen molar-refractivity contribution in [1.82, 2.24) is 19.2 Å². The maximum atomic E-state index is 13.4. The Balaban J connectivity index is 1.78.